The SMILES string of the molecule is CCNC(=NCC(C)N1CCOCC1)NCC(C)Oc1cccc(C)c1.I. The second kappa shape index (κ2) is 13.2. The number of hydrogen-bond acceptors (Lipinski definition) is 4. The van der Waals surface area contributed by atoms with E-state index in [0.717, 1.165) is 51.1 Å². The molecule has 1 aromatic carbocycles. The van der Waals surface area contributed by atoms with Crippen LogP contribution in [0.4, 0.5) is 0 Å². The average molecular weight is 490 g/mol. The molecule has 2 unspecified atom stereocenters. The number of nitrogens with zero attached hydrogens (tertiary/aromatic N) is 2. The van der Waals surface area contributed by atoms with E-state index in [1.165, 1.54) is 5.56 Å². The van der Waals surface area contributed by atoms with Crippen LogP contribution in [0.3, 0.4) is 0 Å². The predicted octanol–water partition coefficient (Wildman–Crippen LogP) is 2.66. The maximum absolute atomic E-state index is 5.98. The normalized spacial score (nSPS) is 17.6. The third kappa shape index (κ3) is 9.12. The monoisotopic (exact) mass is 490 g/mol. The van der Waals surface area contributed by atoms with Gasteiger partial charge in [0.05, 0.1) is 26.3 Å². The molecule has 1 heterocycles. The zero-order chi connectivity index (χ0) is 18.8. The first-order valence-electron chi connectivity index (χ1n) is 9.65. The predicted molar refractivity (Wildman–Crippen MR) is 123 cm³/mol. The number of aryl methyl sites for hydroxylation is 1. The summed E-state index contributed by atoms with van der Waals surface area (Å²) in [5.74, 6) is 1.74. The fraction of sp³-hybridized carbons (Fsp3) is 0.650. The zero-order valence-corrected chi connectivity index (χ0v) is 19.4. The Hall–Kier alpha value is -1.06. The molecule has 1 aliphatic heterocycles. The van der Waals surface area contributed by atoms with Crippen LogP contribution in [0.5, 0.6) is 5.75 Å². The number of morpholine rings is 1. The first kappa shape index (κ1) is 24.0. The highest BCUT2D eigenvalue weighted by Crippen LogP contribution is 2.13. The smallest absolute Gasteiger partial charge is 0.191 e. The fourth-order valence-electron chi connectivity index (χ4n) is 2.90. The highest BCUT2D eigenvalue weighted by atomic mass is 127. The van der Waals surface area contributed by atoms with Crippen LogP contribution in [0, 0.1) is 6.92 Å². The van der Waals surface area contributed by atoms with Crippen LogP contribution in [0.1, 0.15) is 26.3 Å². The minimum atomic E-state index is 0. The summed E-state index contributed by atoms with van der Waals surface area (Å²) in [4.78, 5) is 7.17. The van der Waals surface area contributed by atoms with Gasteiger partial charge in [-0.2, -0.15) is 0 Å². The van der Waals surface area contributed by atoms with Gasteiger partial charge in [0.25, 0.3) is 0 Å². The minimum absolute atomic E-state index is 0. The van der Waals surface area contributed by atoms with Crippen LogP contribution < -0.4 is 15.4 Å². The average Bonchev–Trinajstić information content (AvgIpc) is 2.64. The maximum Gasteiger partial charge on any atom is 0.191 e. The summed E-state index contributed by atoms with van der Waals surface area (Å²) in [5, 5.41) is 6.69. The Kier molecular flexibility index (Phi) is 11.7. The Balaban J connectivity index is 0.00000364. The quantitative estimate of drug-likeness (QED) is 0.334. The molecule has 0 aromatic heterocycles. The number of aliphatic imine (C=N–C) groups is 1. The van der Waals surface area contributed by atoms with Crippen molar-refractivity contribution in [2.45, 2.75) is 39.8 Å². The van der Waals surface area contributed by atoms with Crippen molar-refractivity contribution in [2.75, 3.05) is 45.9 Å². The summed E-state index contributed by atoms with van der Waals surface area (Å²) < 4.78 is 11.4. The molecule has 1 aromatic rings. The zero-order valence-electron chi connectivity index (χ0n) is 17.0. The van der Waals surface area contributed by atoms with Crippen molar-refractivity contribution in [1.82, 2.24) is 15.5 Å². The van der Waals surface area contributed by atoms with E-state index < -0.39 is 0 Å². The Morgan fingerprint density at radius 2 is 2.00 bits per heavy atom. The van der Waals surface area contributed by atoms with Gasteiger partial charge in [0.2, 0.25) is 0 Å². The van der Waals surface area contributed by atoms with Crippen LogP contribution in [0.2, 0.25) is 0 Å². The summed E-state index contributed by atoms with van der Waals surface area (Å²) in [7, 11) is 0. The standard InChI is InChI=1S/C20H34N4O2.HI/c1-5-21-20(22-14-17(3)24-9-11-25-12-10-24)23-15-18(4)26-19-8-6-7-16(2)13-19;/h6-8,13,17-18H,5,9-12,14-15H2,1-4H3,(H2,21,22,23);1H. The van der Waals surface area contributed by atoms with E-state index >= 15 is 0 Å². The van der Waals surface area contributed by atoms with Gasteiger partial charge in [-0.15, -0.1) is 24.0 Å². The third-order valence-electron chi connectivity index (χ3n) is 4.41. The highest BCUT2D eigenvalue weighted by Gasteiger charge is 2.16. The molecule has 154 valence electrons. The van der Waals surface area contributed by atoms with Gasteiger partial charge in [-0.25, -0.2) is 0 Å². The summed E-state index contributed by atoms with van der Waals surface area (Å²) in [6.45, 7) is 14.4. The molecule has 1 fully saturated rings. The van der Waals surface area contributed by atoms with Crippen molar-refractivity contribution < 1.29 is 9.47 Å². The number of rotatable bonds is 8. The van der Waals surface area contributed by atoms with E-state index in [4.69, 9.17) is 14.5 Å². The summed E-state index contributed by atoms with van der Waals surface area (Å²) in [5.41, 5.74) is 1.20. The first-order chi connectivity index (χ1) is 12.6. The molecule has 6 nitrogen and oxygen atoms in total. The molecule has 7 heteroatoms. The Labute approximate surface area is 181 Å². The van der Waals surface area contributed by atoms with Gasteiger partial charge in [-0.05, 0) is 45.4 Å². The first-order valence-corrected chi connectivity index (χ1v) is 9.65. The lowest BCUT2D eigenvalue weighted by Crippen LogP contribution is -2.45. The summed E-state index contributed by atoms with van der Waals surface area (Å²) >= 11 is 0. The maximum atomic E-state index is 5.98. The van der Waals surface area contributed by atoms with Crippen LogP contribution in [-0.4, -0.2) is 68.9 Å². The molecule has 0 spiro atoms. The van der Waals surface area contributed by atoms with E-state index in [1.807, 2.05) is 12.1 Å². The number of ether oxygens (including phenoxy) is 2. The highest BCUT2D eigenvalue weighted by molar-refractivity contribution is 14.0. The molecule has 2 atom stereocenters. The molecule has 1 saturated heterocycles. The molecule has 27 heavy (non-hydrogen) atoms. The lowest BCUT2D eigenvalue weighted by atomic mass is 10.2. The van der Waals surface area contributed by atoms with Gasteiger partial charge in [0.15, 0.2) is 5.96 Å². The summed E-state index contributed by atoms with van der Waals surface area (Å²) in [6.07, 6.45) is 0.0531. The van der Waals surface area contributed by atoms with Gasteiger partial charge in [-0.3, -0.25) is 9.89 Å². The van der Waals surface area contributed by atoms with Crippen molar-refractivity contribution >= 4 is 29.9 Å². The van der Waals surface area contributed by atoms with Gasteiger partial charge < -0.3 is 20.1 Å². The molecule has 0 bridgehead atoms. The van der Waals surface area contributed by atoms with Crippen molar-refractivity contribution in [3.63, 3.8) is 0 Å². The van der Waals surface area contributed by atoms with Crippen molar-refractivity contribution in [3.05, 3.63) is 29.8 Å². The second-order valence-corrected chi connectivity index (χ2v) is 6.84. The molecule has 1 aliphatic rings. The molecule has 2 rings (SSSR count). The minimum Gasteiger partial charge on any atom is -0.489 e. The molecule has 0 saturated carbocycles. The molecular weight excluding hydrogens is 455 g/mol. The van der Waals surface area contributed by atoms with Gasteiger partial charge in [0.1, 0.15) is 11.9 Å². The second-order valence-electron chi connectivity index (χ2n) is 6.84. The molecule has 2 N–H and O–H groups in total. The fourth-order valence-corrected chi connectivity index (χ4v) is 2.90. The number of benzene rings is 1. The number of halogens is 1. The largest absolute Gasteiger partial charge is 0.489 e. The Bertz CT molecular complexity index is 565. The van der Waals surface area contributed by atoms with Crippen molar-refractivity contribution in [1.29, 1.82) is 0 Å². The lowest BCUT2D eigenvalue weighted by molar-refractivity contribution is 0.0220. The number of hydrogen-bond donors (Lipinski definition) is 2. The van der Waals surface area contributed by atoms with Gasteiger partial charge in [-0.1, -0.05) is 12.1 Å². The van der Waals surface area contributed by atoms with Crippen LogP contribution in [-0.2, 0) is 4.74 Å². The van der Waals surface area contributed by atoms with Crippen LogP contribution >= 0.6 is 24.0 Å². The van der Waals surface area contributed by atoms with Gasteiger partial charge >= 0.3 is 0 Å². The van der Waals surface area contributed by atoms with E-state index in [1.54, 1.807) is 0 Å². The number of nitrogens with one attached hydrogen (secondary N) is 2. The molecule has 0 radical (unpaired) electrons. The van der Waals surface area contributed by atoms with Crippen LogP contribution in [0.15, 0.2) is 29.3 Å². The number of guanidine groups is 1. The molecule has 0 amide bonds. The molecular formula is C20H35IN4O2. The van der Waals surface area contributed by atoms with E-state index in [9.17, 15) is 0 Å². The topological polar surface area (TPSA) is 58.1 Å². The van der Waals surface area contributed by atoms with Crippen molar-refractivity contribution in [2.24, 2.45) is 4.99 Å². The lowest BCUT2D eigenvalue weighted by Gasteiger charge is -2.31. The molecule has 0 aliphatic carbocycles. The van der Waals surface area contributed by atoms with E-state index in [-0.39, 0.29) is 30.1 Å². The van der Waals surface area contributed by atoms with Gasteiger partial charge in [0, 0.05) is 25.7 Å². The van der Waals surface area contributed by atoms with E-state index in [0.29, 0.717) is 12.6 Å². The third-order valence-corrected chi connectivity index (χ3v) is 4.41. The Morgan fingerprint density at radius 3 is 2.67 bits per heavy atom. The van der Waals surface area contributed by atoms with E-state index in [2.05, 4.69) is 55.4 Å². The summed E-state index contributed by atoms with van der Waals surface area (Å²) in [6, 6.07) is 8.55. The van der Waals surface area contributed by atoms with Crippen LogP contribution in [0.25, 0.3) is 0 Å². The van der Waals surface area contributed by atoms with Crippen molar-refractivity contribution in [3.8, 4) is 5.75 Å². The Morgan fingerprint density at radius 1 is 1.26 bits per heavy atom.